The predicted molar refractivity (Wildman–Crippen MR) is 91.3 cm³/mol. The second kappa shape index (κ2) is 9.92. The van der Waals surface area contributed by atoms with Gasteiger partial charge in [0, 0.05) is 10.9 Å². The van der Waals surface area contributed by atoms with Gasteiger partial charge in [0.1, 0.15) is 5.75 Å². The smallest absolute Gasteiger partial charge is 0.318 e. The molecule has 0 unspecified atom stereocenters. The van der Waals surface area contributed by atoms with E-state index in [1.165, 1.54) is 0 Å². The minimum absolute atomic E-state index is 0.0983. The molecule has 3 amide bonds. The van der Waals surface area contributed by atoms with Crippen LogP contribution in [0.5, 0.6) is 5.75 Å². The number of primary amides is 1. The molecule has 0 aliphatic carbocycles. The lowest BCUT2D eigenvalue weighted by Crippen LogP contribution is -2.45. The number of esters is 1. The average molecular weight is 401 g/mol. The first kappa shape index (κ1) is 20.0. The molecule has 8 heteroatoms. The standard InChI is InChI=1S/C16H21BrN2O5/c1-10(2)14(15(21)19-16(18)22)24-13(20)7-4-8-23-12-6-3-5-11(17)9-12/h3,5-6,9-10,14H,4,7-8H2,1-2H3,(H3,18,19,21,22)/t14-/m1/s1. The van der Waals surface area contributed by atoms with Crippen LogP contribution in [-0.4, -0.2) is 30.6 Å². The van der Waals surface area contributed by atoms with Gasteiger partial charge in [-0.25, -0.2) is 4.79 Å². The maximum Gasteiger partial charge on any atom is 0.318 e. The summed E-state index contributed by atoms with van der Waals surface area (Å²) in [6, 6.07) is 6.38. The molecular formula is C16H21BrN2O5. The van der Waals surface area contributed by atoms with Gasteiger partial charge >= 0.3 is 12.0 Å². The highest BCUT2D eigenvalue weighted by molar-refractivity contribution is 9.10. The maximum atomic E-state index is 11.8. The second-order valence-corrected chi connectivity index (χ2v) is 6.33. The Bertz CT molecular complexity index is 592. The number of nitrogens with one attached hydrogen (secondary N) is 1. The number of carbonyl (C=O) groups excluding carboxylic acids is 3. The van der Waals surface area contributed by atoms with Gasteiger partial charge < -0.3 is 15.2 Å². The van der Waals surface area contributed by atoms with Crippen LogP contribution >= 0.6 is 15.9 Å². The zero-order chi connectivity index (χ0) is 18.1. The number of hydrogen-bond donors (Lipinski definition) is 2. The van der Waals surface area contributed by atoms with Crippen molar-refractivity contribution in [2.24, 2.45) is 11.7 Å². The van der Waals surface area contributed by atoms with E-state index in [0.29, 0.717) is 18.8 Å². The molecule has 7 nitrogen and oxygen atoms in total. The number of imide groups is 1. The zero-order valence-electron chi connectivity index (χ0n) is 13.6. The van der Waals surface area contributed by atoms with Crippen LogP contribution in [0.1, 0.15) is 26.7 Å². The van der Waals surface area contributed by atoms with Crippen molar-refractivity contribution in [3.05, 3.63) is 28.7 Å². The minimum atomic E-state index is -1.06. The summed E-state index contributed by atoms with van der Waals surface area (Å²) in [6.45, 7) is 3.75. The molecule has 24 heavy (non-hydrogen) atoms. The summed E-state index contributed by atoms with van der Waals surface area (Å²) in [6.07, 6.45) is -0.523. The van der Waals surface area contributed by atoms with Gasteiger partial charge in [-0.15, -0.1) is 0 Å². The van der Waals surface area contributed by atoms with Crippen molar-refractivity contribution in [3.63, 3.8) is 0 Å². The van der Waals surface area contributed by atoms with E-state index >= 15 is 0 Å². The minimum Gasteiger partial charge on any atom is -0.494 e. The second-order valence-electron chi connectivity index (χ2n) is 5.42. The molecule has 0 saturated heterocycles. The van der Waals surface area contributed by atoms with E-state index in [1.807, 2.05) is 29.6 Å². The molecule has 1 aromatic carbocycles. The fraction of sp³-hybridized carbons (Fsp3) is 0.438. The van der Waals surface area contributed by atoms with Gasteiger partial charge in [0.15, 0.2) is 6.10 Å². The fourth-order valence-electron chi connectivity index (χ4n) is 1.85. The van der Waals surface area contributed by atoms with Gasteiger partial charge in [-0.1, -0.05) is 35.8 Å². The molecule has 1 rings (SSSR count). The van der Waals surface area contributed by atoms with Crippen molar-refractivity contribution in [1.82, 2.24) is 5.32 Å². The molecule has 0 heterocycles. The van der Waals surface area contributed by atoms with Gasteiger partial charge in [0.2, 0.25) is 0 Å². The van der Waals surface area contributed by atoms with E-state index in [9.17, 15) is 14.4 Å². The van der Waals surface area contributed by atoms with Crippen molar-refractivity contribution < 1.29 is 23.9 Å². The summed E-state index contributed by atoms with van der Waals surface area (Å²) in [5, 5.41) is 1.92. The lowest BCUT2D eigenvalue weighted by Gasteiger charge is -2.19. The zero-order valence-corrected chi connectivity index (χ0v) is 15.2. The lowest BCUT2D eigenvalue weighted by molar-refractivity contribution is -0.158. The maximum absolute atomic E-state index is 11.8. The Labute approximate surface area is 149 Å². The van der Waals surface area contributed by atoms with E-state index in [2.05, 4.69) is 15.9 Å². The van der Waals surface area contributed by atoms with Crippen molar-refractivity contribution in [1.29, 1.82) is 0 Å². The Kier molecular flexibility index (Phi) is 8.25. The Balaban J connectivity index is 2.38. The van der Waals surface area contributed by atoms with Crippen LogP contribution in [0.15, 0.2) is 28.7 Å². The summed E-state index contributed by atoms with van der Waals surface area (Å²) in [4.78, 5) is 34.3. The number of ether oxygens (including phenoxy) is 2. The van der Waals surface area contributed by atoms with Gasteiger partial charge in [0.05, 0.1) is 6.61 Å². The number of hydrogen-bond acceptors (Lipinski definition) is 5. The number of rotatable bonds is 8. The molecule has 0 aliphatic rings. The molecule has 3 N–H and O–H groups in total. The molecule has 1 atom stereocenters. The van der Waals surface area contributed by atoms with E-state index < -0.39 is 24.0 Å². The highest BCUT2D eigenvalue weighted by Gasteiger charge is 2.27. The Morgan fingerprint density at radius 1 is 1.29 bits per heavy atom. The Morgan fingerprint density at radius 3 is 2.58 bits per heavy atom. The third-order valence-electron chi connectivity index (χ3n) is 2.96. The molecule has 0 bridgehead atoms. The van der Waals surface area contributed by atoms with Crippen molar-refractivity contribution in [3.8, 4) is 5.75 Å². The number of amides is 3. The Morgan fingerprint density at radius 2 is 2.00 bits per heavy atom. The van der Waals surface area contributed by atoms with Crippen LogP contribution in [0, 0.1) is 5.92 Å². The molecule has 0 saturated carbocycles. The van der Waals surface area contributed by atoms with E-state index in [0.717, 1.165) is 4.47 Å². The summed E-state index contributed by atoms with van der Waals surface area (Å²) < 4.78 is 11.5. The first-order valence-corrected chi connectivity index (χ1v) is 8.27. The number of nitrogens with two attached hydrogens (primary N) is 1. The number of benzene rings is 1. The molecule has 0 aliphatic heterocycles. The Hall–Kier alpha value is -2.09. The largest absolute Gasteiger partial charge is 0.494 e. The molecule has 0 fully saturated rings. The molecule has 1 aromatic rings. The first-order chi connectivity index (χ1) is 11.3. The van der Waals surface area contributed by atoms with Crippen molar-refractivity contribution in [2.75, 3.05) is 6.61 Å². The summed E-state index contributed by atoms with van der Waals surface area (Å²) >= 11 is 3.34. The average Bonchev–Trinajstić information content (AvgIpc) is 2.48. The summed E-state index contributed by atoms with van der Waals surface area (Å²) in [5.41, 5.74) is 4.89. The van der Waals surface area contributed by atoms with Crippen molar-refractivity contribution in [2.45, 2.75) is 32.8 Å². The van der Waals surface area contributed by atoms with Crippen molar-refractivity contribution >= 4 is 33.8 Å². The third kappa shape index (κ3) is 7.45. The molecular weight excluding hydrogens is 380 g/mol. The summed E-state index contributed by atoms with van der Waals surface area (Å²) in [7, 11) is 0. The van der Waals surface area contributed by atoms with Crippen LogP contribution < -0.4 is 15.8 Å². The SMILES string of the molecule is CC(C)[C@@H](OC(=O)CCCOc1cccc(Br)c1)C(=O)NC(N)=O. The molecule has 0 radical (unpaired) electrons. The van der Waals surface area contributed by atoms with Crippen LogP contribution in [0.2, 0.25) is 0 Å². The normalized spacial score (nSPS) is 11.7. The molecule has 0 spiro atoms. The number of carbonyl (C=O) groups is 3. The van der Waals surface area contributed by atoms with Crippen LogP contribution in [-0.2, 0) is 14.3 Å². The lowest BCUT2D eigenvalue weighted by atomic mass is 10.1. The van der Waals surface area contributed by atoms with Crippen LogP contribution in [0.25, 0.3) is 0 Å². The van der Waals surface area contributed by atoms with Crippen LogP contribution in [0.4, 0.5) is 4.79 Å². The van der Waals surface area contributed by atoms with Crippen LogP contribution in [0.3, 0.4) is 0 Å². The molecule has 132 valence electrons. The third-order valence-corrected chi connectivity index (χ3v) is 3.45. The van der Waals surface area contributed by atoms with Gasteiger partial charge in [-0.2, -0.15) is 0 Å². The first-order valence-electron chi connectivity index (χ1n) is 7.47. The topological polar surface area (TPSA) is 108 Å². The summed E-state index contributed by atoms with van der Waals surface area (Å²) in [5.74, 6) is -0.854. The number of urea groups is 1. The molecule has 0 aromatic heterocycles. The highest BCUT2D eigenvalue weighted by Crippen LogP contribution is 2.18. The van der Waals surface area contributed by atoms with Gasteiger partial charge in [0.25, 0.3) is 5.91 Å². The number of halogens is 1. The van der Waals surface area contributed by atoms with E-state index in [-0.39, 0.29) is 12.3 Å². The van der Waals surface area contributed by atoms with E-state index in [4.69, 9.17) is 15.2 Å². The predicted octanol–water partition coefficient (Wildman–Crippen LogP) is 2.37. The van der Waals surface area contributed by atoms with Gasteiger partial charge in [-0.3, -0.25) is 14.9 Å². The van der Waals surface area contributed by atoms with E-state index in [1.54, 1.807) is 13.8 Å². The fourth-order valence-corrected chi connectivity index (χ4v) is 2.23. The highest BCUT2D eigenvalue weighted by atomic mass is 79.9. The monoisotopic (exact) mass is 400 g/mol. The quantitative estimate of drug-likeness (QED) is 0.514. The van der Waals surface area contributed by atoms with Gasteiger partial charge in [-0.05, 0) is 30.5 Å².